The first-order valence-electron chi connectivity index (χ1n) is 6.90. The number of rotatable bonds is 3. The zero-order chi connectivity index (χ0) is 14.1. The molecule has 0 bridgehead atoms. The maximum atomic E-state index is 13.7. The maximum absolute atomic E-state index is 13.7. The molecule has 0 amide bonds. The summed E-state index contributed by atoms with van der Waals surface area (Å²) >= 11 is 0. The molecule has 1 unspecified atom stereocenters. The summed E-state index contributed by atoms with van der Waals surface area (Å²) in [5.74, 6) is -1.27. The second kappa shape index (κ2) is 5.33. The molecule has 0 saturated heterocycles. The van der Waals surface area contributed by atoms with Crippen LogP contribution in [0.5, 0.6) is 0 Å². The Kier molecular flexibility index (Phi) is 3.53. The number of fused-ring (bicyclic) bond motifs is 1. The number of halogens is 2. The average Bonchev–Trinajstić information content (AvgIpc) is 2.88. The quantitative estimate of drug-likeness (QED) is 0.912. The Morgan fingerprint density at radius 1 is 1.00 bits per heavy atom. The van der Waals surface area contributed by atoms with Gasteiger partial charge in [-0.15, -0.1) is 0 Å². The lowest BCUT2D eigenvalue weighted by atomic mass is 9.91. The van der Waals surface area contributed by atoms with Gasteiger partial charge in [0.05, 0.1) is 0 Å². The lowest BCUT2D eigenvalue weighted by Gasteiger charge is -2.19. The summed E-state index contributed by atoms with van der Waals surface area (Å²) in [6, 6.07) is 12.4. The minimum atomic E-state index is -0.801. The molecule has 0 heterocycles. The van der Waals surface area contributed by atoms with Crippen molar-refractivity contribution >= 4 is 0 Å². The number of nitrogens with two attached hydrogens (primary N) is 1. The topological polar surface area (TPSA) is 26.0 Å². The molecule has 20 heavy (non-hydrogen) atoms. The van der Waals surface area contributed by atoms with Gasteiger partial charge in [-0.1, -0.05) is 36.4 Å². The van der Waals surface area contributed by atoms with Crippen molar-refractivity contribution in [2.45, 2.75) is 25.3 Å². The monoisotopic (exact) mass is 273 g/mol. The fourth-order valence-electron chi connectivity index (χ4n) is 3.02. The van der Waals surface area contributed by atoms with Gasteiger partial charge in [0, 0.05) is 6.04 Å². The molecule has 1 nitrogen and oxygen atoms in total. The summed E-state index contributed by atoms with van der Waals surface area (Å²) in [6.07, 6.45) is 2.23. The molecule has 2 aromatic rings. The van der Waals surface area contributed by atoms with Crippen molar-refractivity contribution in [2.75, 3.05) is 0 Å². The molecule has 3 rings (SSSR count). The molecule has 0 aliphatic heterocycles. The van der Waals surface area contributed by atoms with Crippen molar-refractivity contribution in [1.29, 1.82) is 0 Å². The van der Waals surface area contributed by atoms with E-state index in [1.165, 1.54) is 17.2 Å². The van der Waals surface area contributed by atoms with Gasteiger partial charge < -0.3 is 5.73 Å². The van der Waals surface area contributed by atoms with E-state index < -0.39 is 11.6 Å². The van der Waals surface area contributed by atoms with Crippen LogP contribution in [-0.4, -0.2) is 6.04 Å². The highest BCUT2D eigenvalue weighted by atomic mass is 19.2. The first-order valence-corrected chi connectivity index (χ1v) is 6.90. The molecule has 104 valence electrons. The van der Waals surface area contributed by atoms with Crippen molar-refractivity contribution in [3.63, 3.8) is 0 Å². The first-order chi connectivity index (χ1) is 9.65. The van der Waals surface area contributed by atoms with Crippen molar-refractivity contribution in [3.05, 3.63) is 70.8 Å². The highest BCUT2D eigenvalue weighted by Gasteiger charge is 2.27. The van der Waals surface area contributed by atoms with Crippen LogP contribution in [0.4, 0.5) is 8.78 Å². The lowest BCUT2D eigenvalue weighted by molar-refractivity contribution is 0.424. The summed E-state index contributed by atoms with van der Waals surface area (Å²) in [5.41, 5.74) is 9.24. The molecule has 0 fully saturated rings. The average molecular weight is 273 g/mol. The van der Waals surface area contributed by atoms with Gasteiger partial charge in [-0.05, 0) is 47.9 Å². The zero-order valence-corrected chi connectivity index (χ0v) is 11.2. The van der Waals surface area contributed by atoms with Crippen LogP contribution < -0.4 is 5.73 Å². The van der Waals surface area contributed by atoms with Crippen LogP contribution in [0.3, 0.4) is 0 Å². The van der Waals surface area contributed by atoms with E-state index in [1.54, 1.807) is 6.07 Å². The van der Waals surface area contributed by atoms with Crippen LogP contribution in [0, 0.1) is 17.6 Å². The van der Waals surface area contributed by atoms with Gasteiger partial charge in [0.2, 0.25) is 0 Å². The fraction of sp³-hybridized carbons (Fsp3) is 0.294. The smallest absolute Gasteiger partial charge is 0.162 e. The minimum Gasteiger partial charge on any atom is -0.327 e. The summed E-state index contributed by atoms with van der Waals surface area (Å²) in [6.45, 7) is 0. The van der Waals surface area contributed by atoms with Crippen molar-refractivity contribution in [2.24, 2.45) is 11.7 Å². The van der Waals surface area contributed by atoms with E-state index in [-0.39, 0.29) is 6.04 Å². The Morgan fingerprint density at radius 3 is 2.30 bits per heavy atom. The van der Waals surface area contributed by atoms with E-state index in [2.05, 4.69) is 12.1 Å². The molecule has 0 aromatic heterocycles. The van der Waals surface area contributed by atoms with Crippen LogP contribution in [0.25, 0.3) is 0 Å². The van der Waals surface area contributed by atoms with E-state index in [0.29, 0.717) is 17.9 Å². The van der Waals surface area contributed by atoms with Gasteiger partial charge in [-0.25, -0.2) is 8.78 Å². The van der Waals surface area contributed by atoms with E-state index in [0.717, 1.165) is 18.9 Å². The largest absolute Gasteiger partial charge is 0.327 e. The third-order valence-electron chi connectivity index (χ3n) is 4.18. The van der Waals surface area contributed by atoms with Gasteiger partial charge in [0.25, 0.3) is 0 Å². The molecular weight excluding hydrogens is 256 g/mol. The predicted octanol–water partition coefficient (Wildman–Crippen LogP) is 3.25. The van der Waals surface area contributed by atoms with Gasteiger partial charge >= 0.3 is 0 Å². The summed E-state index contributed by atoms with van der Waals surface area (Å²) < 4.78 is 26.9. The van der Waals surface area contributed by atoms with E-state index >= 15 is 0 Å². The Morgan fingerprint density at radius 2 is 1.65 bits per heavy atom. The van der Waals surface area contributed by atoms with E-state index in [9.17, 15) is 8.78 Å². The third kappa shape index (κ3) is 2.46. The summed E-state index contributed by atoms with van der Waals surface area (Å²) in [5, 5.41) is 0. The van der Waals surface area contributed by atoms with Gasteiger partial charge in [-0.2, -0.15) is 0 Å². The van der Waals surface area contributed by atoms with Crippen molar-refractivity contribution in [3.8, 4) is 0 Å². The van der Waals surface area contributed by atoms with Crippen molar-refractivity contribution in [1.82, 2.24) is 0 Å². The minimum absolute atomic E-state index is 0.154. The van der Waals surface area contributed by atoms with Crippen LogP contribution in [0.15, 0.2) is 42.5 Å². The predicted molar refractivity (Wildman–Crippen MR) is 75.4 cm³/mol. The molecule has 0 radical (unpaired) electrons. The van der Waals surface area contributed by atoms with Crippen LogP contribution in [-0.2, 0) is 19.3 Å². The summed E-state index contributed by atoms with van der Waals surface area (Å²) in [4.78, 5) is 0. The van der Waals surface area contributed by atoms with Crippen LogP contribution >= 0.6 is 0 Å². The van der Waals surface area contributed by atoms with E-state index in [1.807, 2.05) is 12.1 Å². The molecule has 2 N–H and O–H groups in total. The fourth-order valence-corrected chi connectivity index (χ4v) is 3.02. The Hall–Kier alpha value is -1.74. The molecule has 2 aromatic carbocycles. The molecule has 0 saturated carbocycles. The van der Waals surface area contributed by atoms with Gasteiger partial charge in [-0.3, -0.25) is 0 Å². The number of hydrogen-bond donors (Lipinski definition) is 1. The molecule has 1 atom stereocenters. The summed E-state index contributed by atoms with van der Waals surface area (Å²) in [7, 11) is 0. The standard InChI is InChI=1S/C17H17F2N/c18-15-7-3-6-13(17(15)19)10-16(20)14-8-11-4-1-2-5-12(11)9-14/h1-7,14,16H,8-10,20H2. The Bertz CT molecular complexity index is 599. The third-order valence-corrected chi connectivity index (χ3v) is 4.18. The molecule has 1 aliphatic rings. The molecule has 0 spiro atoms. The highest BCUT2D eigenvalue weighted by molar-refractivity contribution is 5.33. The normalized spacial score (nSPS) is 16.1. The van der Waals surface area contributed by atoms with Gasteiger partial charge in [0.1, 0.15) is 0 Å². The lowest BCUT2D eigenvalue weighted by Crippen LogP contribution is -2.33. The highest BCUT2D eigenvalue weighted by Crippen LogP contribution is 2.29. The molecule has 1 aliphatic carbocycles. The van der Waals surface area contributed by atoms with Crippen LogP contribution in [0.1, 0.15) is 16.7 Å². The number of hydrogen-bond acceptors (Lipinski definition) is 1. The van der Waals surface area contributed by atoms with Crippen LogP contribution in [0.2, 0.25) is 0 Å². The second-order valence-electron chi connectivity index (χ2n) is 5.52. The zero-order valence-electron chi connectivity index (χ0n) is 11.2. The maximum Gasteiger partial charge on any atom is 0.162 e. The van der Waals surface area contributed by atoms with Gasteiger partial charge in [0.15, 0.2) is 11.6 Å². The number of benzene rings is 2. The Balaban J connectivity index is 1.72. The van der Waals surface area contributed by atoms with Crippen molar-refractivity contribution < 1.29 is 8.78 Å². The second-order valence-corrected chi connectivity index (χ2v) is 5.52. The first kappa shape index (κ1) is 13.3. The molecular formula is C17H17F2N. The van der Waals surface area contributed by atoms with E-state index in [4.69, 9.17) is 5.73 Å². The Labute approximate surface area is 117 Å². The SMILES string of the molecule is NC(Cc1cccc(F)c1F)C1Cc2ccccc2C1. The molecule has 3 heteroatoms.